The Bertz CT molecular complexity index is 66.3. The second-order valence-electron chi connectivity index (χ2n) is 2.76. The Morgan fingerprint density at radius 3 is 2.70 bits per heavy atom. The van der Waals surface area contributed by atoms with Crippen LogP contribution in [-0.2, 0) is 0 Å². The zero-order valence-corrected chi connectivity index (χ0v) is 6.99. The normalized spacial score (nSPS) is 13.5. The molecule has 0 fully saturated rings. The van der Waals surface area contributed by atoms with E-state index in [1.54, 1.807) is 0 Å². The number of nitrogens with one attached hydrogen (secondary N) is 1. The molecule has 0 rings (SSSR count). The second kappa shape index (κ2) is 7.00. The molecular formula is C8H18FN. The van der Waals surface area contributed by atoms with E-state index in [1.165, 1.54) is 6.42 Å². The predicted molar refractivity (Wildman–Crippen MR) is 42.9 cm³/mol. The van der Waals surface area contributed by atoms with E-state index in [9.17, 15) is 4.39 Å². The molecule has 0 spiro atoms. The van der Waals surface area contributed by atoms with Crippen LogP contribution in [0.25, 0.3) is 0 Å². The molecule has 0 aliphatic heterocycles. The molecule has 62 valence electrons. The summed E-state index contributed by atoms with van der Waals surface area (Å²) in [6.45, 7) is 6.01. The maximum Gasteiger partial charge on any atom is 0.0906 e. The van der Waals surface area contributed by atoms with E-state index < -0.39 is 0 Å². The van der Waals surface area contributed by atoms with Crippen molar-refractivity contribution in [1.82, 2.24) is 5.32 Å². The van der Waals surface area contributed by atoms with Gasteiger partial charge in [-0.05, 0) is 25.4 Å². The number of rotatable bonds is 6. The lowest BCUT2D eigenvalue weighted by molar-refractivity contribution is 0.439. The zero-order valence-electron chi connectivity index (χ0n) is 6.99. The fourth-order valence-corrected chi connectivity index (χ4v) is 0.685. The van der Waals surface area contributed by atoms with Crippen molar-refractivity contribution in [2.45, 2.75) is 26.7 Å². The lowest BCUT2D eigenvalue weighted by atomic mass is 10.1. The highest BCUT2D eigenvalue weighted by Crippen LogP contribution is 1.96. The Hall–Kier alpha value is -0.110. The maximum atomic E-state index is 11.6. The third kappa shape index (κ3) is 6.02. The molecule has 0 aliphatic carbocycles. The van der Waals surface area contributed by atoms with Gasteiger partial charge in [-0.2, -0.15) is 0 Å². The van der Waals surface area contributed by atoms with Crippen molar-refractivity contribution in [3.8, 4) is 0 Å². The van der Waals surface area contributed by atoms with Crippen LogP contribution in [0.4, 0.5) is 4.39 Å². The summed E-state index contributed by atoms with van der Waals surface area (Å²) in [5, 5.41) is 3.20. The van der Waals surface area contributed by atoms with Crippen LogP contribution in [0.15, 0.2) is 0 Å². The third-order valence-electron chi connectivity index (χ3n) is 1.68. The van der Waals surface area contributed by atoms with Crippen LogP contribution in [0.2, 0.25) is 0 Å². The third-order valence-corrected chi connectivity index (χ3v) is 1.68. The zero-order chi connectivity index (χ0) is 7.82. The fourth-order valence-electron chi connectivity index (χ4n) is 0.685. The largest absolute Gasteiger partial charge is 0.316 e. The summed E-state index contributed by atoms with van der Waals surface area (Å²) in [6.07, 6.45) is 1.85. The number of hydrogen-bond donors (Lipinski definition) is 1. The Balaban J connectivity index is 2.89. The molecule has 0 heterocycles. The van der Waals surface area contributed by atoms with Crippen LogP contribution in [-0.4, -0.2) is 19.8 Å². The second-order valence-corrected chi connectivity index (χ2v) is 2.76. The molecule has 10 heavy (non-hydrogen) atoms. The van der Waals surface area contributed by atoms with Crippen molar-refractivity contribution in [2.75, 3.05) is 19.8 Å². The van der Waals surface area contributed by atoms with Gasteiger partial charge in [0.2, 0.25) is 0 Å². The molecule has 1 N–H and O–H groups in total. The first-order valence-corrected chi connectivity index (χ1v) is 4.08. The summed E-state index contributed by atoms with van der Waals surface area (Å²) in [7, 11) is 0. The summed E-state index contributed by atoms with van der Waals surface area (Å²) in [5.74, 6) is 0.722. The molecule has 1 atom stereocenters. The summed E-state index contributed by atoms with van der Waals surface area (Å²) < 4.78 is 11.6. The molecule has 0 amide bonds. The van der Waals surface area contributed by atoms with Crippen molar-refractivity contribution in [1.29, 1.82) is 0 Å². The number of hydrogen-bond acceptors (Lipinski definition) is 1. The summed E-state index contributed by atoms with van der Waals surface area (Å²) >= 11 is 0. The molecule has 0 aromatic heterocycles. The van der Waals surface area contributed by atoms with E-state index in [1.807, 2.05) is 0 Å². The topological polar surface area (TPSA) is 12.0 Å². The Morgan fingerprint density at radius 1 is 1.50 bits per heavy atom. The van der Waals surface area contributed by atoms with Crippen LogP contribution in [0.3, 0.4) is 0 Å². The Morgan fingerprint density at radius 2 is 2.20 bits per heavy atom. The van der Waals surface area contributed by atoms with Crippen LogP contribution in [0.1, 0.15) is 26.7 Å². The molecule has 0 aromatic rings. The van der Waals surface area contributed by atoms with Gasteiger partial charge in [-0.25, -0.2) is 0 Å². The van der Waals surface area contributed by atoms with Gasteiger partial charge in [-0.3, -0.25) is 4.39 Å². The Kier molecular flexibility index (Phi) is 6.93. The minimum absolute atomic E-state index is 0.201. The van der Waals surface area contributed by atoms with Crippen molar-refractivity contribution >= 4 is 0 Å². The van der Waals surface area contributed by atoms with Crippen LogP contribution in [0.5, 0.6) is 0 Å². The van der Waals surface area contributed by atoms with E-state index in [2.05, 4.69) is 19.2 Å². The number of alkyl halides is 1. The summed E-state index contributed by atoms with van der Waals surface area (Å²) in [4.78, 5) is 0. The van der Waals surface area contributed by atoms with Gasteiger partial charge < -0.3 is 5.32 Å². The molecule has 0 aromatic carbocycles. The molecule has 1 nitrogen and oxygen atoms in total. The van der Waals surface area contributed by atoms with Crippen LogP contribution in [0, 0.1) is 5.92 Å². The molecule has 0 saturated carbocycles. The molecular weight excluding hydrogens is 129 g/mol. The quantitative estimate of drug-likeness (QED) is 0.566. The highest BCUT2D eigenvalue weighted by molar-refractivity contribution is 4.53. The van der Waals surface area contributed by atoms with Gasteiger partial charge in [0.15, 0.2) is 0 Å². The lowest BCUT2D eigenvalue weighted by Crippen LogP contribution is -2.22. The highest BCUT2D eigenvalue weighted by atomic mass is 19.1. The average Bonchev–Trinajstić information content (AvgIpc) is 1.98. The minimum atomic E-state index is -0.201. The standard InChI is InChI=1S/C8H18FN/c1-3-8(2)7-10-6-4-5-9/h8,10H,3-7H2,1-2H3. The predicted octanol–water partition coefficient (Wildman–Crippen LogP) is 1.98. The average molecular weight is 147 g/mol. The van der Waals surface area contributed by atoms with Gasteiger partial charge in [0.1, 0.15) is 0 Å². The van der Waals surface area contributed by atoms with Crippen molar-refractivity contribution in [3.63, 3.8) is 0 Å². The maximum absolute atomic E-state index is 11.6. The first kappa shape index (κ1) is 9.89. The fraction of sp³-hybridized carbons (Fsp3) is 1.00. The van der Waals surface area contributed by atoms with Gasteiger partial charge in [0.05, 0.1) is 6.67 Å². The van der Waals surface area contributed by atoms with Gasteiger partial charge in [0, 0.05) is 0 Å². The Labute approximate surface area is 63.0 Å². The molecule has 0 saturated heterocycles. The molecule has 0 aliphatic rings. The summed E-state index contributed by atoms with van der Waals surface area (Å²) in [5.41, 5.74) is 0. The van der Waals surface area contributed by atoms with E-state index in [4.69, 9.17) is 0 Å². The van der Waals surface area contributed by atoms with Gasteiger partial charge in [-0.1, -0.05) is 20.3 Å². The molecule has 0 bridgehead atoms. The molecule has 0 radical (unpaired) electrons. The molecule has 1 unspecified atom stereocenters. The molecule has 2 heteroatoms. The van der Waals surface area contributed by atoms with Gasteiger partial charge in [0.25, 0.3) is 0 Å². The van der Waals surface area contributed by atoms with E-state index in [-0.39, 0.29) is 6.67 Å². The number of halogens is 1. The SMILES string of the molecule is CCC(C)CNCCCF. The van der Waals surface area contributed by atoms with Gasteiger partial charge >= 0.3 is 0 Å². The monoisotopic (exact) mass is 147 g/mol. The van der Waals surface area contributed by atoms with E-state index in [0.717, 1.165) is 19.0 Å². The van der Waals surface area contributed by atoms with Crippen LogP contribution >= 0.6 is 0 Å². The first-order valence-electron chi connectivity index (χ1n) is 4.08. The smallest absolute Gasteiger partial charge is 0.0906 e. The van der Waals surface area contributed by atoms with Crippen LogP contribution < -0.4 is 5.32 Å². The highest BCUT2D eigenvalue weighted by Gasteiger charge is 1.95. The van der Waals surface area contributed by atoms with E-state index in [0.29, 0.717) is 6.42 Å². The van der Waals surface area contributed by atoms with Gasteiger partial charge in [-0.15, -0.1) is 0 Å². The first-order chi connectivity index (χ1) is 4.81. The lowest BCUT2D eigenvalue weighted by Gasteiger charge is -2.08. The summed E-state index contributed by atoms with van der Waals surface area (Å²) in [6, 6.07) is 0. The van der Waals surface area contributed by atoms with E-state index >= 15 is 0 Å². The van der Waals surface area contributed by atoms with Crippen molar-refractivity contribution in [2.24, 2.45) is 5.92 Å². The van der Waals surface area contributed by atoms with Crippen molar-refractivity contribution in [3.05, 3.63) is 0 Å². The van der Waals surface area contributed by atoms with Crippen molar-refractivity contribution < 1.29 is 4.39 Å². The minimum Gasteiger partial charge on any atom is -0.316 e.